The molecule has 0 aromatic heterocycles. The van der Waals surface area contributed by atoms with E-state index in [0.29, 0.717) is 33.9 Å². The van der Waals surface area contributed by atoms with Gasteiger partial charge in [0.15, 0.2) is 0 Å². The van der Waals surface area contributed by atoms with Crippen LogP contribution in [-0.4, -0.2) is 44.1 Å². The average Bonchev–Trinajstić information content (AvgIpc) is 3.18. The number of anilines is 1. The van der Waals surface area contributed by atoms with Crippen LogP contribution in [0.15, 0.2) is 66.2 Å². The van der Waals surface area contributed by atoms with E-state index >= 15 is 0 Å². The first-order valence-electron chi connectivity index (χ1n) is 12.0. The minimum Gasteiger partial charge on any atom is -0.507 e. The van der Waals surface area contributed by atoms with Crippen molar-refractivity contribution in [3.8, 4) is 11.5 Å². The number of nitrogens with zero attached hydrogens (tertiary/aromatic N) is 1. The highest BCUT2D eigenvalue weighted by molar-refractivity contribution is 6.51. The Labute approximate surface area is 221 Å². The number of aliphatic hydroxyl groups is 1. The predicted molar refractivity (Wildman–Crippen MR) is 142 cm³/mol. The second-order valence-electron chi connectivity index (χ2n) is 9.03. The van der Waals surface area contributed by atoms with Crippen molar-refractivity contribution < 1.29 is 33.7 Å². The molecule has 0 bridgehead atoms. The molecule has 1 fully saturated rings. The van der Waals surface area contributed by atoms with Crippen molar-refractivity contribution in [3.63, 3.8) is 0 Å². The first-order valence-corrected chi connectivity index (χ1v) is 12.0. The molecule has 3 aromatic carbocycles. The van der Waals surface area contributed by atoms with Crippen LogP contribution < -0.4 is 14.4 Å². The molecule has 1 amide bonds. The van der Waals surface area contributed by atoms with Crippen LogP contribution >= 0.6 is 0 Å². The lowest BCUT2D eigenvalue weighted by Gasteiger charge is -2.26. The molecule has 1 aliphatic heterocycles. The molecule has 0 radical (unpaired) electrons. The van der Waals surface area contributed by atoms with E-state index in [0.717, 1.165) is 11.1 Å². The second kappa shape index (κ2) is 10.8. The van der Waals surface area contributed by atoms with Gasteiger partial charge in [-0.2, -0.15) is 0 Å². The molecule has 1 aliphatic rings. The number of benzene rings is 3. The fraction of sp³-hybridized carbons (Fsp3) is 0.233. The van der Waals surface area contributed by atoms with E-state index in [-0.39, 0.29) is 17.8 Å². The normalized spacial score (nSPS) is 16.4. The van der Waals surface area contributed by atoms with Crippen molar-refractivity contribution >= 4 is 29.1 Å². The van der Waals surface area contributed by atoms with Gasteiger partial charge in [-0.05, 0) is 66.4 Å². The smallest absolute Gasteiger partial charge is 0.309 e. The van der Waals surface area contributed by atoms with Gasteiger partial charge in [0.1, 0.15) is 17.3 Å². The van der Waals surface area contributed by atoms with Crippen LogP contribution in [0, 0.1) is 13.8 Å². The number of carbonyl (C=O) groups is 3. The second-order valence-corrected chi connectivity index (χ2v) is 9.03. The zero-order valence-corrected chi connectivity index (χ0v) is 21.9. The Kier molecular flexibility index (Phi) is 7.52. The average molecular weight is 516 g/mol. The monoisotopic (exact) mass is 515 g/mol. The predicted octanol–water partition coefficient (Wildman–Crippen LogP) is 4.66. The van der Waals surface area contributed by atoms with Gasteiger partial charge in [-0.25, -0.2) is 0 Å². The summed E-state index contributed by atoms with van der Waals surface area (Å²) in [6, 6.07) is 16.4. The molecule has 0 spiro atoms. The van der Waals surface area contributed by atoms with E-state index in [4.69, 9.17) is 14.2 Å². The van der Waals surface area contributed by atoms with Crippen LogP contribution in [0.2, 0.25) is 0 Å². The van der Waals surface area contributed by atoms with Crippen LogP contribution in [0.3, 0.4) is 0 Å². The maximum absolute atomic E-state index is 13.5. The van der Waals surface area contributed by atoms with E-state index < -0.39 is 23.7 Å². The molecular formula is C30H29NO7. The molecule has 3 aromatic rings. The highest BCUT2D eigenvalue weighted by Gasteiger charge is 2.47. The van der Waals surface area contributed by atoms with E-state index in [2.05, 4.69) is 0 Å². The minimum atomic E-state index is -0.943. The first kappa shape index (κ1) is 26.5. The van der Waals surface area contributed by atoms with E-state index in [1.54, 1.807) is 54.6 Å². The minimum absolute atomic E-state index is 0.0646. The van der Waals surface area contributed by atoms with E-state index in [9.17, 15) is 19.5 Å². The number of esters is 1. The molecule has 0 aliphatic carbocycles. The standard InChI is InChI=1S/C30H29NO7/c1-17-13-18(2)29(38-5)23(14-17)27(33)25-26(20-7-6-8-22(16-20)36-3)31(30(35)28(25)34)21-11-9-19(10-12-21)15-24(32)37-4/h6-14,16,26,33H,15H2,1-5H3/b27-25+. The number of rotatable bonds is 7. The van der Waals surface area contributed by atoms with Crippen LogP contribution in [0.4, 0.5) is 5.69 Å². The number of hydrogen-bond acceptors (Lipinski definition) is 7. The summed E-state index contributed by atoms with van der Waals surface area (Å²) in [6.07, 6.45) is 0.0708. The summed E-state index contributed by atoms with van der Waals surface area (Å²) >= 11 is 0. The van der Waals surface area contributed by atoms with Crippen molar-refractivity contribution in [3.05, 3.63) is 94.1 Å². The molecule has 1 N–H and O–H groups in total. The fourth-order valence-electron chi connectivity index (χ4n) is 4.79. The molecule has 1 atom stereocenters. The Morgan fingerprint density at radius 3 is 2.29 bits per heavy atom. The molecule has 196 valence electrons. The zero-order valence-electron chi connectivity index (χ0n) is 21.9. The van der Waals surface area contributed by atoms with Gasteiger partial charge in [-0.3, -0.25) is 19.3 Å². The van der Waals surface area contributed by atoms with Crippen LogP contribution in [0.5, 0.6) is 11.5 Å². The Balaban J connectivity index is 1.93. The van der Waals surface area contributed by atoms with Crippen molar-refractivity contribution in [1.29, 1.82) is 0 Å². The van der Waals surface area contributed by atoms with Gasteiger partial charge in [0, 0.05) is 5.69 Å². The molecule has 1 saturated heterocycles. The molecule has 1 heterocycles. The van der Waals surface area contributed by atoms with Crippen molar-refractivity contribution in [2.75, 3.05) is 26.2 Å². The van der Waals surface area contributed by atoms with Crippen LogP contribution in [-0.2, 0) is 25.5 Å². The number of Topliss-reactive ketones (excluding diaryl/α,β-unsaturated/α-hetero) is 1. The fourth-order valence-corrected chi connectivity index (χ4v) is 4.79. The first-order chi connectivity index (χ1) is 18.2. The number of methoxy groups -OCH3 is 3. The number of ether oxygens (including phenoxy) is 3. The third-order valence-corrected chi connectivity index (χ3v) is 6.52. The largest absolute Gasteiger partial charge is 0.507 e. The van der Waals surface area contributed by atoms with E-state index in [1.807, 2.05) is 19.9 Å². The Morgan fingerprint density at radius 2 is 1.66 bits per heavy atom. The number of amides is 1. The van der Waals surface area contributed by atoms with Gasteiger partial charge in [-0.1, -0.05) is 30.3 Å². The highest BCUT2D eigenvalue weighted by atomic mass is 16.5. The SMILES string of the molecule is COC(=O)Cc1ccc(N2C(=O)C(=O)/C(=C(/O)c3cc(C)cc(C)c3OC)C2c2cccc(OC)c2)cc1. The molecule has 4 rings (SSSR count). The van der Waals surface area contributed by atoms with Crippen LogP contribution in [0.25, 0.3) is 5.76 Å². The summed E-state index contributed by atoms with van der Waals surface area (Å²) in [5.74, 6) is -1.39. The number of ketones is 1. The van der Waals surface area contributed by atoms with Gasteiger partial charge < -0.3 is 19.3 Å². The summed E-state index contributed by atoms with van der Waals surface area (Å²) in [6.45, 7) is 3.72. The van der Waals surface area contributed by atoms with Crippen molar-refractivity contribution in [2.45, 2.75) is 26.3 Å². The molecular weight excluding hydrogens is 486 g/mol. The summed E-state index contributed by atoms with van der Waals surface area (Å²) in [4.78, 5) is 40.0. The van der Waals surface area contributed by atoms with Crippen LogP contribution in [0.1, 0.15) is 33.9 Å². The summed E-state index contributed by atoms with van der Waals surface area (Å²) in [7, 11) is 4.33. The molecule has 1 unspecified atom stereocenters. The third-order valence-electron chi connectivity index (χ3n) is 6.52. The lowest BCUT2D eigenvalue weighted by atomic mass is 9.93. The summed E-state index contributed by atoms with van der Waals surface area (Å²) in [5, 5.41) is 11.6. The lowest BCUT2D eigenvalue weighted by molar-refractivity contribution is -0.139. The number of carbonyl (C=O) groups excluding carboxylic acids is 3. The molecule has 0 saturated carbocycles. The molecule has 38 heavy (non-hydrogen) atoms. The maximum atomic E-state index is 13.5. The molecule has 8 heteroatoms. The number of hydrogen-bond donors (Lipinski definition) is 1. The Morgan fingerprint density at radius 1 is 0.947 bits per heavy atom. The summed E-state index contributed by atoms with van der Waals surface area (Å²) < 4.78 is 15.7. The van der Waals surface area contributed by atoms with Gasteiger partial charge in [-0.15, -0.1) is 0 Å². The Hall–Kier alpha value is -4.59. The van der Waals surface area contributed by atoms with Gasteiger partial charge >= 0.3 is 5.97 Å². The van der Waals surface area contributed by atoms with Gasteiger partial charge in [0.2, 0.25) is 0 Å². The number of aliphatic hydroxyl groups excluding tert-OH is 1. The van der Waals surface area contributed by atoms with Gasteiger partial charge in [0.05, 0.1) is 44.9 Å². The highest BCUT2D eigenvalue weighted by Crippen LogP contribution is 2.44. The topological polar surface area (TPSA) is 102 Å². The van der Waals surface area contributed by atoms with Crippen molar-refractivity contribution in [1.82, 2.24) is 0 Å². The molecule has 8 nitrogen and oxygen atoms in total. The zero-order chi connectivity index (χ0) is 27.6. The maximum Gasteiger partial charge on any atom is 0.309 e. The van der Waals surface area contributed by atoms with Crippen molar-refractivity contribution in [2.24, 2.45) is 0 Å². The number of aryl methyl sites for hydroxylation is 2. The third kappa shape index (κ3) is 4.85. The Bertz CT molecular complexity index is 1440. The van der Waals surface area contributed by atoms with Gasteiger partial charge in [0.25, 0.3) is 11.7 Å². The lowest BCUT2D eigenvalue weighted by Crippen LogP contribution is -2.29. The quantitative estimate of drug-likeness (QED) is 0.211. The summed E-state index contributed by atoms with van der Waals surface area (Å²) in [5.41, 5.74) is 3.59. The van der Waals surface area contributed by atoms with E-state index in [1.165, 1.54) is 26.2 Å².